The molecule has 178 valence electrons. The molecule has 1 heterocycles. The van der Waals surface area contributed by atoms with Crippen molar-refractivity contribution < 1.29 is 32.3 Å². The van der Waals surface area contributed by atoms with E-state index in [1.165, 1.54) is 10.6 Å². The number of alkyl halides is 3. The quantitative estimate of drug-likeness (QED) is 0.502. The monoisotopic (exact) mass is 476 g/mol. The van der Waals surface area contributed by atoms with Crippen LogP contribution in [0.15, 0.2) is 53.3 Å². The summed E-state index contributed by atoms with van der Waals surface area (Å²) < 4.78 is 45.6. The van der Waals surface area contributed by atoms with Gasteiger partial charge >= 0.3 is 18.2 Å². The predicted molar refractivity (Wildman–Crippen MR) is 114 cm³/mol. The van der Waals surface area contributed by atoms with Crippen molar-refractivity contribution in [3.8, 4) is 0 Å². The van der Waals surface area contributed by atoms with E-state index in [9.17, 15) is 32.3 Å². The summed E-state index contributed by atoms with van der Waals surface area (Å²) in [6, 6.07) is 10.6. The van der Waals surface area contributed by atoms with Gasteiger partial charge in [0.2, 0.25) is 0 Å². The van der Waals surface area contributed by atoms with E-state index in [0.29, 0.717) is 0 Å². The van der Waals surface area contributed by atoms with E-state index in [4.69, 9.17) is 10.5 Å². The molecule has 0 bridgehead atoms. The summed E-state index contributed by atoms with van der Waals surface area (Å²) in [4.78, 5) is 51.0. The van der Waals surface area contributed by atoms with Gasteiger partial charge in [-0.15, -0.1) is 0 Å². The van der Waals surface area contributed by atoms with Crippen molar-refractivity contribution in [3.63, 3.8) is 0 Å². The SMILES string of the molecule is NC(=O)NC(=O)COC(=O)CCc1nc2cc(C(F)(F)F)ccc2n(Cc2ccccc2)c1=O. The molecule has 0 spiro atoms. The van der Waals surface area contributed by atoms with Gasteiger partial charge in [-0.25, -0.2) is 9.78 Å². The number of rotatable bonds is 7. The van der Waals surface area contributed by atoms with Gasteiger partial charge in [-0.1, -0.05) is 30.3 Å². The minimum Gasteiger partial charge on any atom is -0.456 e. The van der Waals surface area contributed by atoms with Gasteiger partial charge in [0, 0.05) is 6.42 Å². The van der Waals surface area contributed by atoms with Crippen LogP contribution in [-0.4, -0.2) is 34.1 Å². The van der Waals surface area contributed by atoms with Crippen LogP contribution in [0.5, 0.6) is 0 Å². The number of nitrogens with zero attached hydrogens (tertiary/aromatic N) is 2. The highest BCUT2D eigenvalue weighted by atomic mass is 19.4. The van der Waals surface area contributed by atoms with E-state index in [1.807, 2.05) is 0 Å². The second-order valence-corrected chi connectivity index (χ2v) is 7.21. The van der Waals surface area contributed by atoms with Crippen LogP contribution < -0.4 is 16.6 Å². The molecule has 0 saturated carbocycles. The highest BCUT2D eigenvalue weighted by Gasteiger charge is 2.31. The molecule has 1 aromatic heterocycles. The van der Waals surface area contributed by atoms with Crippen molar-refractivity contribution in [2.24, 2.45) is 5.73 Å². The zero-order valence-corrected chi connectivity index (χ0v) is 17.6. The van der Waals surface area contributed by atoms with E-state index >= 15 is 0 Å². The molecule has 0 atom stereocenters. The lowest BCUT2D eigenvalue weighted by molar-refractivity contribution is -0.148. The maximum Gasteiger partial charge on any atom is 0.416 e. The highest BCUT2D eigenvalue weighted by molar-refractivity contribution is 5.94. The minimum absolute atomic E-state index is 0.0606. The largest absolute Gasteiger partial charge is 0.456 e. The van der Waals surface area contributed by atoms with Gasteiger partial charge in [0.15, 0.2) is 6.61 Å². The number of ether oxygens (including phenoxy) is 1. The molecule has 9 nitrogen and oxygen atoms in total. The van der Waals surface area contributed by atoms with Crippen molar-refractivity contribution in [2.75, 3.05) is 6.61 Å². The molecule has 0 aliphatic rings. The Morgan fingerprint density at radius 1 is 1.09 bits per heavy atom. The lowest BCUT2D eigenvalue weighted by Crippen LogP contribution is -2.37. The second-order valence-electron chi connectivity index (χ2n) is 7.21. The fourth-order valence-corrected chi connectivity index (χ4v) is 3.17. The number of aryl methyl sites for hydroxylation is 1. The molecule has 3 rings (SSSR count). The number of nitrogens with one attached hydrogen (secondary N) is 1. The molecular formula is C22H19F3N4O5. The first-order chi connectivity index (χ1) is 16.0. The standard InChI is InChI=1S/C22H19F3N4O5/c23-22(24,25)14-6-8-17-16(10-14)27-15(7-9-19(31)34-12-18(30)28-21(26)33)20(32)29(17)11-13-4-2-1-3-5-13/h1-6,8,10H,7,9,11-12H2,(H3,26,28,30,33). The predicted octanol–water partition coefficient (Wildman–Crippen LogP) is 2.13. The zero-order chi connectivity index (χ0) is 24.9. The second kappa shape index (κ2) is 10.1. The lowest BCUT2D eigenvalue weighted by Gasteiger charge is -2.14. The number of urea groups is 1. The van der Waals surface area contributed by atoms with Crippen LogP contribution in [0.2, 0.25) is 0 Å². The summed E-state index contributed by atoms with van der Waals surface area (Å²) >= 11 is 0. The molecule has 3 aromatic rings. The van der Waals surface area contributed by atoms with Gasteiger partial charge in [0.25, 0.3) is 11.5 Å². The molecule has 0 aliphatic heterocycles. The Labute approximate surface area is 190 Å². The molecule has 0 radical (unpaired) electrons. The Morgan fingerprint density at radius 3 is 2.44 bits per heavy atom. The van der Waals surface area contributed by atoms with E-state index < -0.39 is 41.8 Å². The van der Waals surface area contributed by atoms with Crippen LogP contribution in [0.25, 0.3) is 11.0 Å². The fraction of sp³-hybridized carbons (Fsp3) is 0.227. The summed E-state index contributed by atoms with van der Waals surface area (Å²) in [6.45, 7) is -0.686. The van der Waals surface area contributed by atoms with E-state index in [-0.39, 0.29) is 36.1 Å². The van der Waals surface area contributed by atoms with Crippen LogP contribution in [0.3, 0.4) is 0 Å². The van der Waals surface area contributed by atoms with E-state index in [1.54, 1.807) is 35.6 Å². The minimum atomic E-state index is -4.61. The van der Waals surface area contributed by atoms with E-state index in [0.717, 1.165) is 17.7 Å². The van der Waals surface area contributed by atoms with Crippen LogP contribution in [0.4, 0.5) is 18.0 Å². The Balaban J connectivity index is 1.90. The summed E-state index contributed by atoms with van der Waals surface area (Å²) in [5, 5.41) is 1.71. The van der Waals surface area contributed by atoms with Crippen molar-refractivity contribution in [1.29, 1.82) is 0 Å². The van der Waals surface area contributed by atoms with Crippen LogP contribution in [0.1, 0.15) is 23.2 Å². The number of amides is 3. The number of hydrogen-bond donors (Lipinski definition) is 2. The molecule has 2 aromatic carbocycles. The van der Waals surface area contributed by atoms with Crippen LogP contribution in [0, 0.1) is 0 Å². The summed E-state index contributed by atoms with van der Waals surface area (Å²) in [5.74, 6) is -1.81. The number of benzene rings is 2. The average molecular weight is 476 g/mol. The zero-order valence-electron chi connectivity index (χ0n) is 17.6. The molecule has 0 saturated heterocycles. The number of carbonyl (C=O) groups is 3. The Hall–Kier alpha value is -4.22. The molecule has 0 fully saturated rings. The van der Waals surface area contributed by atoms with Crippen molar-refractivity contribution in [1.82, 2.24) is 14.9 Å². The third-order valence-electron chi connectivity index (χ3n) is 4.72. The highest BCUT2D eigenvalue weighted by Crippen LogP contribution is 2.31. The number of imide groups is 1. The number of carbonyl (C=O) groups excluding carboxylic acids is 3. The first-order valence-corrected chi connectivity index (χ1v) is 9.94. The Bertz CT molecular complexity index is 1290. The molecule has 3 N–H and O–H groups in total. The smallest absolute Gasteiger partial charge is 0.416 e. The molecule has 12 heteroatoms. The van der Waals surface area contributed by atoms with Gasteiger partial charge in [0.1, 0.15) is 5.69 Å². The van der Waals surface area contributed by atoms with Gasteiger partial charge in [-0.05, 0) is 23.8 Å². The molecule has 34 heavy (non-hydrogen) atoms. The van der Waals surface area contributed by atoms with Gasteiger partial charge in [-0.2, -0.15) is 13.2 Å². The van der Waals surface area contributed by atoms with Gasteiger partial charge < -0.3 is 15.0 Å². The number of esters is 1. The van der Waals surface area contributed by atoms with E-state index in [2.05, 4.69) is 4.98 Å². The van der Waals surface area contributed by atoms with Crippen molar-refractivity contribution >= 4 is 28.9 Å². The number of hydrogen-bond acceptors (Lipinski definition) is 6. The summed E-state index contributed by atoms with van der Waals surface area (Å²) in [7, 11) is 0. The number of fused-ring (bicyclic) bond motifs is 1. The molecule has 0 unspecified atom stereocenters. The third kappa shape index (κ3) is 6.18. The maximum absolute atomic E-state index is 13.2. The van der Waals surface area contributed by atoms with Crippen LogP contribution in [-0.2, 0) is 33.5 Å². The first-order valence-electron chi connectivity index (χ1n) is 9.94. The molecule has 3 amide bonds. The molecular weight excluding hydrogens is 457 g/mol. The average Bonchev–Trinajstić information content (AvgIpc) is 2.77. The van der Waals surface area contributed by atoms with Gasteiger partial charge in [-0.3, -0.25) is 19.7 Å². The van der Waals surface area contributed by atoms with Crippen LogP contribution >= 0.6 is 0 Å². The number of primary amides is 1. The number of aromatic nitrogens is 2. The topological polar surface area (TPSA) is 133 Å². The number of nitrogens with two attached hydrogens (primary N) is 1. The fourth-order valence-electron chi connectivity index (χ4n) is 3.17. The number of halogens is 3. The van der Waals surface area contributed by atoms with Gasteiger partial charge in [0.05, 0.1) is 29.6 Å². The first kappa shape index (κ1) is 24.4. The third-order valence-corrected chi connectivity index (χ3v) is 4.72. The summed E-state index contributed by atoms with van der Waals surface area (Å²) in [6.07, 6.45) is -5.22. The van der Waals surface area contributed by atoms with Crippen molar-refractivity contribution in [3.05, 3.63) is 75.7 Å². The maximum atomic E-state index is 13.2. The van der Waals surface area contributed by atoms with Crippen molar-refractivity contribution in [2.45, 2.75) is 25.6 Å². The Kier molecular flexibility index (Phi) is 7.29. The normalized spacial score (nSPS) is 11.3. The molecule has 0 aliphatic carbocycles. The lowest BCUT2D eigenvalue weighted by atomic mass is 10.1. The summed E-state index contributed by atoms with van der Waals surface area (Å²) in [5.41, 5.74) is 4.02. The Morgan fingerprint density at radius 2 is 1.79 bits per heavy atom.